The van der Waals surface area contributed by atoms with E-state index in [-0.39, 0.29) is 13.2 Å². The van der Waals surface area contributed by atoms with Gasteiger partial charge in [-0.25, -0.2) is 4.79 Å². The van der Waals surface area contributed by atoms with Gasteiger partial charge in [0.1, 0.15) is 12.6 Å². The van der Waals surface area contributed by atoms with Crippen LogP contribution in [-0.2, 0) is 16.0 Å². The summed E-state index contributed by atoms with van der Waals surface area (Å²) in [5.74, 6) is -0.425. The number of carbonyl (C=O) groups excluding carboxylic acids is 2. The summed E-state index contributed by atoms with van der Waals surface area (Å²) in [4.78, 5) is 23.7. The molecule has 0 radical (unpaired) electrons. The zero-order chi connectivity index (χ0) is 16.2. The molecule has 1 aromatic carbocycles. The smallest absolute Gasteiger partial charge is 0.407 e. The van der Waals surface area contributed by atoms with Gasteiger partial charge in [0.2, 0.25) is 5.91 Å². The van der Waals surface area contributed by atoms with E-state index in [0.717, 1.165) is 5.56 Å². The highest BCUT2D eigenvalue weighted by atomic mass is 16.5. The SMILES string of the molecule is C=CCCOC(=O)NC(Cc1ccccc1)C(=O)NCC#N. The highest BCUT2D eigenvalue weighted by molar-refractivity contribution is 5.86. The van der Waals surface area contributed by atoms with Gasteiger partial charge in [0.15, 0.2) is 0 Å². The highest BCUT2D eigenvalue weighted by Gasteiger charge is 2.21. The molecule has 6 nitrogen and oxygen atoms in total. The highest BCUT2D eigenvalue weighted by Crippen LogP contribution is 2.04. The number of benzene rings is 1. The molecule has 2 amide bonds. The molecule has 22 heavy (non-hydrogen) atoms. The Morgan fingerprint density at radius 3 is 2.73 bits per heavy atom. The summed E-state index contributed by atoms with van der Waals surface area (Å²) in [5, 5.41) is 13.5. The number of nitrogens with zero attached hydrogens (tertiary/aromatic N) is 1. The lowest BCUT2D eigenvalue weighted by Gasteiger charge is -2.17. The number of amides is 2. The minimum absolute atomic E-state index is 0.114. The van der Waals surface area contributed by atoms with Crippen LogP contribution in [-0.4, -0.2) is 31.2 Å². The monoisotopic (exact) mass is 301 g/mol. The van der Waals surface area contributed by atoms with Crippen molar-refractivity contribution < 1.29 is 14.3 Å². The average molecular weight is 301 g/mol. The number of hydrogen-bond donors (Lipinski definition) is 2. The normalized spacial score (nSPS) is 10.9. The van der Waals surface area contributed by atoms with Gasteiger partial charge in [-0.3, -0.25) is 4.79 Å². The molecule has 6 heteroatoms. The number of hydrogen-bond acceptors (Lipinski definition) is 4. The van der Waals surface area contributed by atoms with Crippen LogP contribution in [0.5, 0.6) is 0 Å². The Hall–Kier alpha value is -2.81. The van der Waals surface area contributed by atoms with Crippen molar-refractivity contribution in [3.8, 4) is 6.07 Å². The van der Waals surface area contributed by atoms with E-state index in [4.69, 9.17) is 10.00 Å². The van der Waals surface area contributed by atoms with E-state index in [1.54, 1.807) is 6.08 Å². The largest absolute Gasteiger partial charge is 0.449 e. The number of carbonyl (C=O) groups is 2. The molecule has 0 aliphatic rings. The van der Waals surface area contributed by atoms with Gasteiger partial charge in [0.05, 0.1) is 12.7 Å². The van der Waals surface area contributed by atoms with Gasteiger partial charge in [-0.15, -0.1) is 6.58 Å². The van der Waals surface area contributed by atoms with Gasteiger partial charge in [-0.1, -0.05) is 36.4 Å². The second-order valence-electron chi connectivity index (χ2n) is 4.48. The van der Waals surface area contributed by atoms with E-state index in [1.807, 2.05) is 36.4 Å². The molecular formula is C16H19N3O3. The third-order valence-corrected chi connectivity index (χ3v) is 2.79. The third kappa shape index (κ3) is 6.57. The van der Waals surface area contributed by atoms with Crippen LogP contribution in [0.25, 0.3) is 0 Å². The van der Waals surface area contributed by atoms with E-state index in [1.165, 1.54) is 0 Å². The Balaban J connectivity index is 2.65. The van der Waals surface area contributed by atoms with Crippen molar-refractivity contribution in [2.24, 2.45) is 0 Å². The molecule has 0 aliphatic heterocycles. The van der Waals surface area contributed by atoms with E-state index < -0.39 is 18.0 Å². The fourth-order valence-corrected chi connectivity index (χ4v) is 1.73. The van der Waals surface area contributed by atoms with Crippen molar-refractivity contribution in [3.05, 3.63) is 48.6 Å². The molecule has 0 fully saturated rings. The van der Waals surface area contributed by atoms with Gasteiger partial charge in [-0.05, 0) is 12.0 Å². The van der Waals surface area contributed by atoms with Gasteiger partial charge in [0, 0.05) is 6.42 Å². The fraction of sp³-hybridized carbons (Fsp3) is 0.312. The van der Waals surface area contributed by atoms with Crippen molar-refractivity contribution in [2.75, 3.05) is 13.2 Å². The second-order valence-corrected chi connectivity index (χ2v) is 4.48. The van der Waals surface area contributed by atoms with Crippen LogP contribution in [0.2, 0.25) is 0 Å². The second kappa shape index (κ2) is 10.00. The maximum atomic E-state index is 12.0. The molecule has 2 N–H and O–H groups in total. The third-order valence-electron chi connectivity index (χ3n) is 2.79. The Labute approximate surface area is 129 Å². The van der Waals surface area contributed by atoms with Crippen LogP contribution in [0.3, 0.4) is 0 Å². The van der Waals surface area contributed by atoms with E-state index >= 15 is 0 Å². The molecule has 1 aromatic rings. The van der Waals surface area contributed by atoms with E-state index in [2.05, 4.69) is 17.2 Å². The summed E-state index contributed by atoms with van der Waals surface area (Å²) in [6.07, 6.45) is 1.82. The summed E-state index contributed by atoms with van der Waals surface area (Å²) >= 11 is 0. The van der Waals surface area contributed by atoms with Crippen molar-refractivity contribution in [1.29, 1.82) is 5.26 Å². The summed E-state index contributed by atoms with van der Waals surface area (Å²) in [7, 11) is 0. The predicted molar refractivity (Wildman–Crippen MR) is 81.9 cm³/mol. The molecule has 0 aromatic heterocycles. The van der Waals surface area contributed by atoms with Crippen LogP contribution in [0.15, 0.2) is 43.0 Å². The molecule has 1 rings (SSSR count). The van der Waals surface area contributed by atoms with Crippen LogP contribution >= 0.6 is 0 Å². The molecule has 0 aliphatic carbocycles. The van der Waals surface area contributed by atoms with Crippen LogP contribution in [0.1, 0.15) is 12.0 Å². The Morgan fingerprint density at radius 2 is 2.09 bits per heavy atom. The zero-order valence-corrected chi connectivity index (χ0v) is 12.2. The molecule has 0 saturated heterocycles. The number of alkyl carbamates (subject to hydrolysis) is 1. The Morgan fingerprint density at radius 1 is 1.36 bits per heavy atom. The Bertz CT molecular complexity index is 537. The number of nitrogens with one attached hydrogen (secondary N) is 2. The quantitative estimate of drug-likeness (QED) is 0.433. The first-order chi connectivity index (χ1) is 10.7. The van der Waals surface area contributed by atoms with Crippen molar-refractivity contribution in [3.63, 3.8) is 0 Å². The first-order valence-corrected chi connectivity index (χ1v) is 6.90. The number of rotatable bonds is 8. The van der Waals surface area contributed by atoms with Gasteiger partial charge in [-0.2, -0.15) is 5.26 Å². The van der Waals surface area contributed by atoms with Gasteiger partial charge < -0.3 is 15.4 Å². The standard InChI is InChI=1S/C16H19N3O3/c1-2-3-11-22-16(21)19-14(15(20)18-10-9-17)12-13-7-5-4-6-8-13/h2,4-8,14H,1,3,10-12H2,(H,18,20)(H,19,21). The van der Waals surface area contributed by atoms with E-state index in [9.17, 15) is 9.59 Å². The van der Waals surface area contributed by atoms with Crippen LogP contribution in [0.4, 0.5) is 4.79 Å². The lowest BCUT2D eigenvalue weighted by molar-refractivity contribution is -0.122. The first kappa shape index (κ1) is 17.2. The van der Waals surface area contributed by atoms with E-state index in [0.29, 0.717) is 12.8 Å². The molecule has 0 saturated carbocycles. The van der Waals surface area contributed by atoms with Crippen molar-refractivity contribution >= 4 is 12.0 Å². The van der Waals surface area contributed by atoms with Crippen LogP contribution < -0.4 is 10.6 Å². The number of nitriles is 1. The number of ether oxygens (including phenoxy) is 1. The minimum atomic E-state index is -0.799. The van der Waals surface area contributed by atoms with Crippen molar-refractivity contribution in [1.82, 2.24) is 10.6 Å². The lowest BCUT2D eigenvalue weighted by atomic mass is 10.1. The Kier molecular flexibility index (Phi) is 7.83. The summed E-state index contributed by atoms with van der Waals surface area (Å²) in [6.45, 7) is 3.62. The lowest BCUT2D eigenvalue weighted by Crippen LogP contribution is -2.48. The summed E-state index contributed by atoms with van der Waals surface area (Å²) in [5.41, 5.74) is 0.894. The first-order valence-electron chi connectivity index (χ1n) is 6.90. The average Bonchev–Trinajstić information content (AvgIpc) is 2.53. The molecule has 116 valence electrons. The molecular weight excluding hydrogens is 282 g/mol. The summed E-state index contributed by atoms with van der Waals surface area (Å²) in [6, 6.07) is 10.3. The molecule has 0 spiro atoms. The predicted octanol–water partition coefficient (Wildman–Crippen LogP) is 1.54. The molecule has 0 bridgehead atoms. The topological polar surface area (TPSA) is 91.2 Å². The molecule has 0 heterocycles. The van der Waals surface area contributed by atoms with Crippen molar-refractivity contribution in [2.45, 2.75) is 18.9 Å². The molecule has 1 atom stereocenters. The minimum Gasteiger partial charge on any atom is -0.449 e. The van der Waals surface area contributed by atoms with Gasteiger partial charge in [0.25, 0.3) is 0 Å². The maximum absolute atomic E-state index is 12.0. The van der Waals surface area contributed by atoms with Crippen LogP contribution in [0, 0.1) is 11.3 Å². The maximum Gasteiger partial charge on any atom is 0.407 e. The zero-order valence-electron chi connectivity index (χ0n) is 12.2. The summed E-state index contributed by atoms with van der Waals surface area (Å²) < 4.78 is 4.94. The molecule has 1 unspecified atom stereocenters. The fourth-order valence-electron chi connectivity index (χ4n) is 1.73. The van der Waals surface area contributed by atoms with Gasteiger partial charge >= 0.3 is 6.09 Å².